The molecule has 0 aromatic rings. The van der Waals surface area contributed by atoms with Crippen LogP contribution in [-0.2, 0) is 0 Å². The van der Waals surface area contributed by atoms with E-state index in [1.165, 1.54) is 0 Å². The van der Waals surface area contributed by atoms with Crippen molar-refractivity contribution in [3.05, 3.63) is 0 Å². The summed E-state index contributed by atoms with van der Waals surface area (Å²) in [7, 11) is 1.95. The van der Waals surface area contributed by atoms with E-state index in [9.17, 15) is 0 Å². The summed E-state index contributed by atoms with van der Waals surface area (Å²) in [6.45, 7) is 8.68. The van der Waals surface area contributed by atoms with Crippen molar-refractivity contribution in [1.82, 2.24) is 5.32 Å². The Labute approximate surface area is 77.4 Å². The first-order valence-corrected chi connectivity index (χ1v) is 4.98. The van der Waals surface area contributed by atoms with Crippen LogP contribution in [0.25, 0.3) is 0 Å². The second-order valence-corrected chi connectivity index (χ2v) is 3.13. The summed E-state index contributed by atoms with van der Waals surface area (Å²) in [4.78, 5) is 0. The second kappa shape index (κ2) is 10.9. The Balaban J connectivity index is 0. The molecule has 0 aliphatic heterocycles. The third-order valence-corrected chi connectivity index (χ3v) is 1.64. The normalized spacial score (nSPS) is 12.2. The smallest absolute Gasteiger partial charge is 0.0445 e. The molecule has 0 amide bonds. The van der Waals surface area contributed by atoms with Gasteiger partial charge < -0.3 is 10.4 Å². The van der Waals surface area contributed by atoms with E-state index in [0.717, 1.165) is 12.8 Å². The zero-order chi connectivity index (χ0) is 9.98. The van der Waals surface area contributed by atoms with E-state index in [2.05, 4.69) is 19.2 Å². The molecule has 2 nitrogen and oxygen atoms in total. The minimum Gasteiger partial charge on any atom is -0.396 e. The largest absolute Gasteiger partial charge is 0.396 e. The number of aliphatic hydroxyl groups excluding tert-OH is 1. The van der Waals surface area contributed by atoms with Crippen molar-refractivity contribution >= 4 is 0 Å². The molecule has 0 aliphatic rings. The van der Waals surface area contributed by atoms with Crippen LogP contribution in [0.1, 0.15) is 40.5 Å². The molecule has 12 heavy (non-hydrogen) atoms. The summed E-state index contributed by atoms with van der Waals surface area (Å²) in [5.74, 6) is 0.712. The summed E-state index contributed by atoms with van der Waals surface area (Å²) < 4.78 is 0. The van der Waals surface area contributed by atoms with E-state index in [1.54, 1.807) is 0 Å². The highest BCUT2D eigenvalue weighted by Gasteiger charge is 2.06. The van der Waals surface area contributed by atoms with Crippen molar-refractivity contribution < 1.29 is 5.11 Å². The van der Waals surface area contributed by atoms with Crippen molar-refractivity contribution in [1.29, 1.82) is 0 Å². The summed E-state index contributed by atoms with van der Waals surface area (Å²) in [6.07, 6.45) is 2.02. The van der Waals surface area contributed by atoms with Crippen LogP contribution in [-0.4, -0.2) is 24.8 Å². The fourth-order valence-electron chi connectivity index (χ4n) is 1.10. The summed E-state index contributed by atoms with van der Waals surface area (Å²) in [5, 5.41) is 11.8. The number of nitrogens with one attached hydrogen (secondary N) is 1. The van der Waals surface area contributed by atoms with Crippen molar-refractivity contribution in [3.8, 4) is 0 Å². The average molecular weight is 175 g/mol. The molecule has 2 N–H and O–H groups in total. The van der Waals surface area contributed by atoms with Gasteiger partial charge in [0, 0.05) is 12.6 Å². The quantitative estimate of drug-likeness (QED) is 0.670. The SMILES string of the molecule is CC.CNC(CCO)CC(C)C. The highest BCUT2D eigenvalue weighted by atomic mass is 16.3. The zero-order valence-electron chi connectivity index (χ0n) is 9.22. The summed E-state index contributed by atoms with van der Waals surface area (Å²) in [6, 6.07) is 0.491. The number of rotatable bonds is 5. The van der Waals surface area contributed by atoms with E-state index >= 15 is 0 Å². The first-order valence-electron chi connectivity index (χ1n) is 4.98. The third-order valence-electron chi connectivity index (χ3n) is 1.64. The van der Waals surface area contributed by atoms with E-state index in [0.29, 0.717) is 12.0 Å². The lowest BCUT2D eigenvalue weighted by Crippen LogP contribution is -2.27. The van der Waals surface area contributed by atoms with Gasteiger partial charge in [0.2, 0.25) is 0 Å². The maximum absolute atomic E-state index is 8.64. The molecule has 0 rings (SSSR count). The third kappa shape index (κ3) is 9.92. The standard InChI is InChI=1S/C8H19NO.C2H6/c1-7(2)6-8(9-3)4-5-10;1-2/h7-10H,4-6H2,1-3H3;1-2H3. The Morgan fingerprint density at radius 2 is 1.75 bits per heavy atom. The maximum atomic E-state index is 8.64. The van der Waals surface area contributed by atoms with Gasteiger partial charge in [0.15, 0.2) is 0 Å². The molecule has 76 valence electrons. The number of hydrogen-bond donors (Lipinski definition) is 2. The van der Waals surface area contributed by atoms with Gasteiger partial charge in [-0.1, -0.05) is 27.7 Å². The maximum Gasteiger partial charge on any atom is 0.0445 e. The lowest BCUT2D eigenvalue weighted by Gasteiger charge is -2.16. The molecule has 0 radical (unpaired) electrons. The minimum absolute atomic E-state index is 0.290. The Bertz CT molecular complexity index is 74.2. The van der Waals surface area contributed by atoms with Gasteiger partial charge >= 0.3 is 0 Å². The predicted molar refractivity (Wildman–Crippen MR) is 55.4 cm³/mol. The Hall–Kier alpha value is -0.0800. The molecule has 1 atom stereocenters. The monoisotopic (exact) mass is 175 g/mol. The van der Waals surface area contributed by atoms with E-state index in [1.807, 2.05) is 20.9 Å². The Morgan fingerprint density at radius 1 is 1.25 bits per heavy atom. The molecule has 0 saturated carbocycles. The fourth-order valence-corrected chi connectivity index (χ4v) is 1.10. The van der Waals surface area contributed by atoms with Crippen LogP contribution in [0.5, 0.6) is 0 Å². The van der Waals surface area contributed by atoms with Crippen molar-refractivity contribution in [2.24, 2.45) is 5.92 Å². The number of aliphatic hydroxyl groups is 1. The van der Waals surface area contributed by atoms with Crippen LogP contribution in [0.4, 0.5) is 0 Å². The molecule has 1 unspecified atom stereocenters. The van der Waals surface area contributed by atoms with Crippen LogP contribution in [0.15, 0.2) is 0 Å². The van der Waals surface area contributed by atoms with Gasteiger partial charge in [0.05, 0.1) is 0 Å². The van der Waals surface area contributed by atoms with Crippen LogP contribution < -0.4 is 5.32 Å². The molecule has 0 aromatic carbocycles. The van der Waals surface area contributed by atoms with Crippen molar-refractivity contribution in [2.75, 3.05) is 13.7 Å². The molecule has 0 heterocycles. The van der Waals surface area contributed by atoms with E-state index < -0.39 is 0 Å². The van der Waals surface area contributed by atoms with Gasteiger partial charge in [-0.25, -0.2) is 0 Å². The van der Waals surface area contributed by atoms with Gasteiger partial charge in [-0.2, -0.15) is 0 Å². The molecule has 0 aliphatic carbocycles. The topological polar surface area (TPSA) is 32.3 Å². The summed E-state index contributed by atoms with van der Waals surface area (Å²) >= 11 is 0. The fraction of sp³-hybridized carbons (Fsp3) is 1.00. The van der Waals surface area contributed by atoms with Gasteiger partial charge in [-0.05, 0) is 25.8 Å². The first kappa shape index (κ1) is 14.4. The zero-order valence-corrected chi connectivity index (χ0v) is 9.22. The van der Waals surface area contributed by atoms with Crippen LogP contribution in [0.3, 0.4) is 0 Å². The molecule has 0 fully saturated rings. The first-order chi connectivity index (χ1) is 5.70. The molecule has 0 aromatic heterocycles. The highest BCUT2D eigenvalue weighted by Crippen LogP contribution is 2.06. The molecular weight excluding hydrogens is 150 g/mol. The van der Waals surface area contributed by atoms with Gasteiger partial charge in [0.25, 0.3) is 0 Å². The number of hydrogen-bond acceptors (Lipinski definition) is 2. The molecule has 0 spiro atoms. The highest BCUT2D eigenvalue weighted by molar-refractivity contribution is 4.65. The average Bonchev–Trinajstić information content (AvgIpc) is 2.07. The predicted octanol–water partition coefficient (Wildman–Crippen LogP) is 2.03. The molecule has 0 saturated heterocycles. The molecule has 2 heteroatoms. The van der Waals surface area contributed by atoms with Gasteiger partial charge in [0.1, 0.15) is 0 Å². The Kier molecular flexibility index (Phi) is 13.1. The van der Waals surface area contributed by atoms with Crippen LogP contribution in [0.2, 0.25) is 0 Å². The summed E-state index contributed by atoms with van der Waals surface area (Å²) in [5.41, 5.74) is 0. The van der Waals surface area contributed by atoms with Gasteiger partial charge in [-0.3, -0.25) is 0 Å². The van der Waals surface area contributed by atoms with Crippen LogP contribution in [0, 0.1) is 5.92 Å². The molecule has 0 bridgehead atoms. The van der Waals surface area contributed by atoms with Crippen LogP contribution >= 0.6 is 0 Å². The van der Waals surface area contributed by atoms with Crippen molar-refractivity contribution in [2.45, 2.75) is 46.6 Å². The second-order valence-electron chi connectivity index (χ2n) is 3.13. The van der Waals surface area contributed by atoms with Crippen molar-refractivity contribution in [3.63, 3.8) is 0 Å². The Morgan fingerprint density at radius 3 is 2.00 bits per heavy atom. The van der Waals surface area contributed by atoms with E-state index in [4.69, 9.17) is 5.11 Å². The van der Waals surface area contributed by atoms with Gasteiger partial charge in [-0.15, -0.1) is 0 Å². The lowest BCUT2D eigenvalue weighted by atomic mass is 10.0. The minimum atomic E-state index is 0.290. The lowest BCUT2D eigenvalue weighted by molar-refractivity contribution is 0.257. The van der Waals surface area contributed by atoms with E-state index in [-0.39, 0.29) is 6.61 Å². The molecular formula is C10H25NO.